The lowest BCUT2D eigenvalue weighted by Gasteiger charge is -2.56. The fourth-order valence-electron chi connectivity index (χ4n) is 5.44. The lowest BCUT2D eigenvalue weighted by molar-refractivity contribution is -0.00811. The molecule has 0 radical (unpaired) electrons. The Balaban J connectivity index is 1.67. The zero-order valence-corrected chi connectivity index (χ0v) is 14.0. The van der Waals surface area contributed by atoms with Gasteiger partial charge in [0.25, 0.3) is 0 Å². The molecule has 4 aliphatic carbocycles. The van der Waals surface area contributed by atoms with Crippen LogP contribution in [0.3, 0.4) is 0 Å². The summed E-state index contributed by atoms with van der Waals surface area (Å²) in [6.07, 6.45) is 6.46. The van der Waals surface area contributed by atoms with Gasteiger partial charge in [-0.25, -0.2) is 17.5 Å². The van der Waals surface area contributed by atoms with E-state index in [1.54, 1.807) is 0 Å². The summed E-state index contributed by atoms with van der Waals surface area (Å²) in [5.41, 5.74) is -0.342. The largest absolute Gasteiger partial charge is 0.495 e. The number of halogens is 1. The molecule has 0 spiro atoms. The monoisotopic (exact) mass is 339 g/mol. The van der Waals surface area contributed by atoms with Crippen LogP contribution in [0.25, 0.3) is 0 Å². The minimum atomic E-state index is -3.80. The Hall–Kier alpha value is -1.14. The maximum atomic E-state index is 13.6. The zero-order valence-electron chi connectivity index (χ0n) is 13.2. The van der Waals surface area contributed by atoms with E-state index in [0.717, 1.165) is 25.3 Å². The van der Waals surface area contributed by atoms with E-state index in [0.29, 0.717) is 17.8 Å². The Kier molecular flexibility index (Phi) is 3.47. The van der Waals surface area contributed by atoms with Crippen molar-refractivity contribution in [1.29, 1.82) is 0 Å². The summed E-state index contributed by atoms with van der Waals surface area (Å²) in [5.74, 6) is 1.52. The minimum Gasteiger partial charge on any atom is -0.495 e. The molecule has 5 rings (SSSR count). The molecule has 4 saturated carbocycles. The van der Waals surface area contributed by atoms with Crippen molar-refractivity contribution in [2.75, 3.05) is 7.11 Å². The third kappa shape index (κ3) is 2.66. The summed E-state index contributed by atoms with van der Waals surface area (Å²) in [7, 11) is -2.40. The third-order valence-corrected chi connectivity index (χ3v) is 7.40. The summed E-state index contributed by atoms with van der Waals surface area (Å²) >= 11 is 0. The van der Waals surface area contributed by atoms with Gasteiger partial charge in [0.2, 0.25) is 10.0 Å². The minimum absolute atomic E-state index is 0.101. The van der Waals surface area contributed by atoms with Gasteiger partial charge < -0.3 is 4.74 Å². The van der Waals surface area contributed by atoms with Crippen molar-refractivity contribution in [3.63, 3.8) is 0 Å². The van der Waals surface area contributed by atoms with Crippen LogP contribution in [0.2, 0.25) is 0 Å². The Labute approximate surface area is 136 Å². The third-order valence-electron chi connectivity index (χ3n) is 5.80. The van der Waals surface area contributed by atoms with E-state index in [1.807, 2.05) is 0 Å². The molecule has 0 atom stereocenters. The number of ether oxygens (including phenoxy) is 1. The van der Waals surface area contributed by atoms with E-state index in [9.17, 15) is 12.8 Å². The SMILES string of the molecule is COc1ccc(F)cc1S(=O)(=O)NC12CC3CC(CC(C3)C1)C2. The van der Waals surface area contributed by atoms with Crippen LogP contribution in [0.4, 0.5) is 4.39 Å². The van der Waals surface area contributed by atoms with Crippen molar-refractivity contribution in [1.82, 2.24) is 4.72 Å². The Bertz CT molecular complexity index is 696. The molecular formula is C17H22FNO3S. The molecule has 4 nitrogen and oxygen atoms in total. The average molecular weight is 339 g/mol. The molecule has 6 heteroatoms. The number of benzene rings is 1. The van der Waals surface area contributed by atoms with E-state index in [1.165, 1.54) is 38.5 Å². The van der Waals surface area contributed by atoms with E-state index in [2.05, 4.69) is 4.72 Å². The van der Waals surface area contributed by atoms with Crippen molar-refractivity contribution in [3.05, 3.63) is 24.0 Å². The summed E-state index contributed by atoms with van der Waals surface area (Å²) in [5, 5.41) is 0. The molecule has 0 saturated heterocycles. The van der Waals surface area contributed by atoms with Gasteiger partial charge in [0, 0.05) is 5.54 Å². The first-order valence-corrected chi connectivity index (χ1v) is 9.75. The Morgan fingerprint density at radius 2 is 1.70 bits per heavy atom. The molecule has 4 fully saturated rings. The van der Waals surface area contributed by atoms with Gasteiger partial charge in [0.15, 0.2) is 0 Å². The maximum absolute atomic E-state index is 13.6. The van der Waals surface area contributed by atoms with E-state index >= 15 is 0 Å². The first kappa shape index (κ1) is 15.4. The van der Waals surface area contributed by atoms with Crippen molar-refractivity contribution in [2.24, 2.45) is 17.8 Å². The second kappa shape index (κ2) is 5.18. The van der Waals surface area contributed by atoms with Gasteiger partial charge in [-0.15, -0.1) is 0 Å². The lowest BCUT2D eigenvalue weighted by Crippen LogP contribution is -2.59. The highest BCUT2D eigenvalue weighted by atomic mass is 32.2. The smallest absolute Gasteiger partial charge is 0.244 e. The van der Waals surface area contributed by atoms with Crippen LogP contribution in [0.15, 0.2) is 23.1 Å². The Morgan fingerprint density at radius 3 is 2.22 bits per heavy atom. The van der Waals surface area contributed by atoms with Gasteiger partial charge in [0.05, 0.1) is 7.11 Å². The van der Waals surface area contributed by atoms with Gasteiger partial charge in [-0.1, -0.05) is 0 Å². The first-order chi connectivity index (χ1) is 10.9. The summed E-state index contributed by atoms with van der Waals surface area (Å²) in [6, 6.07) is 3.62. The van der Waals surface area contributed by atoms with E-state index < -0.39 is 15.8 Å². The molecule has 0 aromatic heterocycles. The van der Waals surface area contributed by atoms with Crippen LogP contribution in [-0.2, 0) is 10.0 Å². The van der Waals surface area contributed by atoms with Crippen LogP contribution >= 0.6 is 0 Å². The van der Waals surface area contributed by atoms with Crippen molar-refractivity contribution >= 4 is 10.0 Å². The van der Waals surface area contributed by atoms with Gasteiger partial charge in [-0.05, 0) is 74.5 Å². The van der Waals surface area contributed by atoms with E-state index in [4.69, 9.17) is 4.74 Å². The number of sulfonamides is 1. The molecule has 0 unspecified atom stereocenters. The highest BCUT2D eigenvalue weighted by molar-refractivity contribution is 7.89. The number of hydrogen-bond acceptors (Lipinski definition) is 3. The van der Waals surface area contributed by atoms with Crippen LogP contribution in [0.1, 0.15) is 38.5 Å². The molecule has 126 valence electrons. The van der Waals surface area contributed by atoms with Crippen LogP contribution < -0.4 is 9.46 Å². The molecule has 23 heavy (non-hydrogen) atoms. The number of methoxy groups -OCH3 is 1. The maximum Gasteiger partial charge on any atom is 0.244 e. The highest BCUT2D eigenvalue weighted by Gasteiger charge is 2.52. The topological polar surface area (TPSA) is 55.4 Å². The molecule has 4 bridgehead atoms. The number of rotatable bonds is 4. The Morgan fingerprint density at radius 1 is 1.13 bits per heavy atom. The van der Waals surface area contributed by atoms with Gasteiger partial charge in [0.1, 0.15) is 16.5 Å². The molecule has 0 amide bonds. The summed E-state index contributed by atoms with van der Waals surface area (Å²) < 4.78 is 47.4. The molecule has 0 aliphatic heterocycles. The first-order valence-electron chi connectivity index (χ1n) is 8.27. The standard InChI is InChI=1S/C17H22FNO3S/c1-22-15-3-2-14(18)7-16(15)23(20,21)19-17-8-11-4-12(9-17)6-13(5-11)10-17/h2-3,7,11-13,19H,4-6,8-10H2,1H3. The number of nitrogens with one attached hydrogen (secondary N) is 1. The lowest BCUT2D eigenvalue weighted by atomic mass is 9.53. The zero-order chi connectivity index (χ0) is 16.2. The quantitative estimate of drug-likeness (QED) is 0.917. The second-order valence-corrected chi connectivity index (χ2v) is 9.25. The van der Waals surface area contributed by atoms with Crippen LogP contribution in [0.5, 0.6) is 5.75 Å². The molecule has 0 heterocycles. The normalized spacial score (nSPS) is 35.5. The molecule has 4 aliphatic rings. The fraction of sp³-hybridized carbons (Fsp3) is 0.647. The van der Waals surface area contributed by atoms with Crippen molar-refractivity contribution in [2.45, 2.75) is 49.0 Å². The molecule has 1 N–H and O–H groups in total. The average Bonchev–Trinajstić information content (AvgIpc) is 2.44. The van der Waals surface area contributed by atoms with Gasteiger partial charge in [-0.3, -0.25) is 0 Å². The predicted octanol–water partition coefficient (Wildman–Crippen LogP) is 3.08. The molecular weight excluding hydrogens is 317 g/mol. The molecule has 1 aromatic rings. The van der Waals surface area contributed by atoms with Crippen molar-refractivity contribution in [3.8, 4) is 5.75 Å². The van der Waals surface area contributed by atoms with Gasteiger partial charge in [-0.2, -0.15) is 0 Å². The van der Waals surface area contributed by atoms with Crippen molar-refractivity contribution < 1.29 is 17.5 Å². The summed E-state index contributed by atoms with van der Waals surface area (Å²) in [4.78, 5) is -0.101. The summed E-state index contributed by atoms with van der Waals surface area (Å²) in [6.45, 7) is 0. The molecule has 1 aromatic carbocycles. The highest BCUT2D eigenvalue weighted by Crippen LogP contribution is 2.56. The van der Waals surface area contributed by atoms with Gasteiger partial charge >= 0.3 is 0 Å². The van der Waals surface area contributed by atoms with Crippen LogP contribution in [0, 0.1) is 23.6 Å². The van der Waals surface area contributed by atoms with Crippen LogP contribution in [-0.4, -0.2) is 21.1 Å². The fourth-order valence-corrected chi connectivity index (χ4v) is 7.05. The number of hydrogen-bond donors (Lipinski definition) is 1. The van der Waals surface area contributed by atoms with E-state index in [-0.39, 0.29) is 16.2 Å². The predicted molar refractivity (Wildman–Crippen MR) is 84.2 cm³/mol. The second-order valence-electron chi connectivity index (χ2n) is 7.60.